The van der Waals surface area contributed by atoms with Crippen molar-refractivity contribution in [1.29, 1.82) is 0 Å². The van der Waals surface area contributed by atoms with Crippen molar-refractivity contribution in [3.8, 4) is 0 Å². The van der Waals surface area contributed by atoms with Crippen LogP contribution < -0.4 is 5.32 Å². The Bertz CT molecular complexity index is 645. The Morgan fingerprint density at radius 1 is 1.38 bits per heavy atom. The van der Waals surface area contributed by atoms with Gasteiger partial charge in [-0.25, -0.2) is 0 Å². The Kier molecular flexibility index (Phi) is 4.03. The van der Waals surface area contributed by atoms with E-state index < -0.39 is 0 Å². The highest BCUT2D eigenvalue weighted by atomic mass is 32.1. The molecule has 0 amide bonds. The fourth-order valence-electron chi connectivity index (χ4n) is 2.76. The number of hydrogen-bond acceptors (Lipinski definition) is 4. The summed E-state index contributed by atoms with van der Waals surface area (Å²) in [4.78, 5) is 13.4. The Morgan fingerprint density at radius 2 is 2.24 bits per heavy atom. The number of thiophene rings is 1. The summed E-state index contributed by atoms with van der Waals surface area (Å²) in [5.41, 5.74) is 2.62. The Hall–Kier alpha value is -1.72. The quantitative estimate of drug-likeness (QED) is 0.671. The number of fused-ring (bicyclic) bond motifs is 1. The summed E-state index contributed by atoms with van der Waals surface area (Å²) >= 11 is 1.90. The summed E-state index contributed by atoms with van der Waals surface area (Å²) in [6, 6.07) is 9.25. The standard InChI is InChI=1S/C16H18N2O2S/c1-11(12-4-2-6-14(8-12)18(19)20)17-10-15-9-13-5-3-7-16(13)21-15/h2,4,6,8-9,11,17H,3,5,7,10H2,1H3. The van der Waals surface area contributed by atoms with E-state index in [9.17, 15) is 10.1 Å². The molecular formula is C16H18N2O2S. The second kappa shape index (κ2) is 5.95. The van der Waals surface area contributed by atoms with Gasteiger partial charge in [-0.2, -0.15) is 0 Å². The summed E-state index contributed by atoms with van der Waals surface area (Å²) in [6.07, 6.45) is 3.73. The molecule has 0 fully saturated rings. The lowest BCUT2D eigenvalue weighted by atomic mass is 10.1. The maximum absolute atomic E-state index is 10.8. The van der Waals surface area contributed by atoms with Crippen LogP contribution in [0.25, 0.3) is 0 Å². The molecule has 1 N–H and O–H groups in total. The smallest absolute Gasteiger partial charge is 0.269 e. The zero-order valence-electron chi connectivity index (χ0n) is 12.0. The number of aryl methyl sites for hydroxylation is 2. The molecule has 3 rings (SSSR count). The number of nitrogens with one attached hydrogen (secondary N) is 1. The van der Waals surface area contributed by atoms with E-state index in [0.717, 1.165) is 12.1 Å². The number of nitrogens with zero attached hydrogens (tertiary/aromatic N) is 1. The van der Waals surface area contributed by atoms with E-state index in [0.29, 0.717) is 0 Å². The topological polar surface area (TPSA) is 55.2 Å². The van der Waals surface area contributed by atoms with Gasteiger partial charge >= 0.3 is 0 Å². The SMILES string of the molecule is CC(NCc1cc2c(s1)CCC2)c1cccc([N+](=O)[O-])c1. The minimum absolute atomic E-state index is 0.0989. The second-order valence-corrected chi connectivity index (χ2v) is 6.69. The Morgan fingerprint density at radius 3 is 3.00 bits per heavy atom. The summed E-state index contributed by atoms with van der Waals surface area (Å²) in [6.45, 7) is 2.86. The molecule has 2 aromatic rings. The molecule has 4 nitrogen and oxygen atoms in total. The molecule has 0 saturated carbocycles. The van der Waals surface area contributed by atoms with E-state index in [1.165, 1.54) is 40.6 Å². The average molecular weight is 302 g/mol. The molecule has 1 aromatic carbocycles. The number of non-ortho nitro benzene ring substituents is 1. The molecular weight excluding hydrogens is 284 g/mol. The first-order chi connectivity index (χ1) is 10.1. The third kappa shape index (κ3) is 3.14. The van der Waals surface area contributed by atoms with E-state index in [-0.39, 0.29) is 16.7 Å². The summed E-state index contributed by atoms with van der Waals surface area (Å²) in [7, 11) is 0. The molecule has 0 bridgehead atoms. The monoisotopic (exact) mass is 302 g/mol. The third-order valence-electron chi connectivity index (χ3n) is 3.96. The van der Waals surface area contributed by atoms with Crippen molar-refractivity contribution in [2.45, 2.75) is 38.8 Å². The van der Waals surface area contributed by atoms with Gasteiger partial charge in [-0.05, 0) is 43.4 Å². The number of rotatable bonds is 5. The molecule has 1 aliphatic carbocycles. The summed E-state index contributed by atoms with van der Waals surface area (Å²) in [5, 5.41) is 14.3. The fourth-order valence-corrected chi connectivity index (χ4v) is 3.97. The highest BCUT2D eigenvalue weighted by Crippen LogP contribution is 2.30. The van der Waals surface area contributed by atoms with Gasteiger partial charge in [0.25, 0.3) is 5.69 Å². The molecule has 0 spiro atoms. The van der Waals surface area contributed by atoms with Crippen LogP contribution in [0.1, 0.15) is 40.3 Å². The van der Waals surface area contributed by atoms with Gasteiger partial charge in [-0.3, -0.25) is 10.1 Å². The maximum atomic E-state index is 10.8. The predicted molar refractivity (Wildman–Crippen MR) is 84.7 cm³/mol. The lowest BCUT2D eigenvalue weighted by molar-refractivity contribution is -0.384. The molecule has 1 heterocycles. The lowest BCUT2D eigenvalue weighted by Crippen LogP contribution is -2.17. The molecule has 1 aromatic heterocycles. The van der Waals surface area contributed by atoms with Crippen LogP contribution in [0.2, 0.25) is 0 Å². The maximum Gasteiger partial charge on any atom is 0.269 e. The third-order valence-corrected chi connectivity index (χ3v) is 5.20. The molecule has 0 aliphatic heterocycles. The van der Waals surface area contributed by atoms with Crippen molar-refractivity contribution >= 4 is 17.0 Å². The van der Waals surface area contributed by atoms with E-state index in [1.54, 1.807) is 12.1 Å². The van der Waals surface area contributed by atoms with Crippen LogP contribution in [-0.4, -0.2) is 4.92 Å². The van der Waals surface area contributed by atoms with Gasteiger partial charge in [0.05, 0.1) is 4.92 Å². The van der Waals surface area contributed by atoms with Gasteiger partial charge in [0, 0.05) is 34.5 Å². The van der Waals surface area contributed by atoms with Crippen LogP contribution in [0.15, 0.2) is 30.3 Å². The first-order valence-electron chi connectivity index (χ1n) is 7.21. The highest BCUT2D eigenvalue weighted by Gasteiger charge is 2.15. The molecule has 1 aliphatic rings. The minimum atomic E-state index is -0.347. The van der Waals surface area contributed by atoms with E-state index in [1.807, 2.05) is 24.3 Å². The minimum Gasteiger partial charge on any atom is -0.305 e. The van der Waals surface area contributed by atoms with E-state index in [2.05, 4.69) is 11.4 Å². The number of hydrogen-bond donors (Lipinski definition) is 1. The highest BCUT2D eigenvalue weighted by molar-refractivity contribution is 7.12. The fraction of sp³-hybridized carbons (Fsp3) is 0.375. The van der Waals surface area contributed by atoms with E-state index in [4.69, 9.17) is 0 Å². The largest absolute Gasteiger partial charge is 0.305 e. The Balaban J connectivity index is 1.64. The van der Waals surface area contributed by atoms with Gasteiger partial charge in [0.15, 0.2) is 0 Å². The van der Waals surface area contributed by atoms with Crippen LogP contribution in [0.3, 0.4) is 0 Å². The molecule has 5 heteroatoms. The van der Waals surface area contributed by atoms with Crippen molar-refractivity contribution < 1.29 is 4.92 Å². The van der Waals surface area contributed by atoms with Crippen LogP contribution in [-0.2, 0) is 19.4 Å². The summed E-state index contributed by atoms with van der Waals surface area (Å²) < 4.78 is 0. The summed E-state index contributed by atoms with van der Waals surface area (Å²) in [5.74, 6) is 0. The van der Waals surface area contributed by atoms with Gasteiger partial charge in [-0.1, -0.05) is 12.1 Å². The van der Waals surface area contributed by atoms with Gasteiger partial charge < -0.3 is 5.32 Å². The second-order valence-electron chi connectivity index (χ2n) is 5.47. The first-order valence-corrected chi connectivity index (χ1v) is 8.03. The number of benzene rings is 1. The van der Waals surface area contributed by atoms with Crippen molar-refractivity contribution in [3.63, 3.8) is 0 Å². The molecule has 1 atom stereocenters. The zero-order valence-corrected chi connectivity index (χ0v) is 12.8. The molecule has 110 valence electrons. The first kappa shape index (κ1) is 14.2. The number of nitro groups is 1. The lowest BCUT2D eigenvalue weighted by Gasteiger charge is -2.13. The van der Waals surface area contributed by atoms with E-state index >= 15 is 0 Å². The van der Waals surface area contributed by atoms with Gasteiger partial charge in [0.1, 0.15) is 0 Å². The molecule has 21 heavy (non-hydrogen) atoms. The molecule has 0 radical (unpaired) electrons. The van der Waals surface area contributed by atoms with Crippen LogP contribution in [0.4, 0.5) is 5.69 Å². The zero-order chi connectivity index (χ0) is 14.8. The van der Waals surface area contributed by atoms with Gasteiger partial charge in [0.2, 0.25) is 0 Å². The molecule has 0 saturated heterocycles. The van der Waals surface area contributed by atoms with Gasteiger partial charge in [-0.15, -0.1) is 11.3 Å². The normalized spacial score (nSPS) is 14.9. The average Bonchev–Trinajstić information content (AvgIpc) is 3.05. The van der Waals surface area contributed by atoms with Crippen molar-refractivity contribution in [3.05, 3.63) is 61.3 Å². The van der Waals surface area contributed by atoms with Crippen molar-refractivity contribution in [2.24, 2.45) is 0 Å². The Labute approximate surface area is 128 Å². The predicted octanol–water partition coefficient (Wildman–Crippen LogP) is 4.00. The van der Waals surface area contributed by atoms with Crippen LogP contribution in [0, 0.1) is 10.1 Å². The van der Waals surface area contributed by atoms with Crippen LogP contribution >= 0.6 is 11.3 Å². The van der Waals surface area contributed by atoms with Crippen molar-refractivity contribution in [1.82, 2.24) is 5.32 Å². The van der Waals surface area contributed by atoms with Crippen LogP contribution in [0.5, 0.6) is 0 Å². The molecule has 1 unspecified atom stereocenters. The number of nitro benzene ring substituents is 1. The van der Waals surface area contributed by atoms with Crippen molar-refractivity contribution in [2.75, 3.05) is 0 Å².